The predicted octanol–water partition coefficient (Wildman–Crippen LogP) is 4.76. The van der Waals surface area contributed by atoms with E-state index in [0.717, 1.165) is 11.1 Å². The minimum Gasteiger partial charge on any atom is -0.462 e. The van der Waals surface area contributed by atoms with Crippen molar-refractivity contribution in [1.82, 2.24) is 4.90 Å². The SMILES string of the molecule is CCOC(=O)c1c(-c2ccc(C(C)C)cc2)csc1NC(=O)CN1C[C@H](C)O[C@@H](C)C1. The molecule has 6 nitrogen and oxygen atoms in total. The number of rotatable bonds is 7. The van der Waals surface area contributed by atoms with Gasteiger partial charge in [0.15, 0.2) is 0 Å². The molecule has 31 heavy (non-hydrogen) atoms. The van der Waals surface area contributed by atoms with Crippen LogP contribution in [-0.4, -0.2) is 55.2 Å². The Morgan fingerprint density at radius 1 is 1.19 bits per heavy atom. The number of amides is 1. The van der Waals surface area contributed by atoms with Gasteiger partial charge in [0.05, 0.1) is 25.4 Å². The van der Waals surface area contributed by atoms with Gasteiger partial charge in [-0.3, -0.25) is 9.69 Å². The number of esters is 1. The van der Waals surface area contributed by atoms with Crippen LogP contribution in [0.5, 0.6) is 0 Å². The second-order valence-electron chi connectivity index (χ2n) is 8.35. The minimum absolute atomic E-state index is 0.0915. The van der Waals surface area contributed by atoms with Gasteiger partial charge in [0.25, 0.3) is 0 Å². The van der Waals surface area contributed by atoms with Gasteiger partial charge in [-0.25, -0.2) is 4.79 Å². The third-order valence-electron chi connectivity index (χ3n) is 5.27. The molecule has 3 rings (SSSR count). The maximum absolute atomic E-state index is 12.8. The van der Waals surface area contributed by atoms with Crippen molar-refractivity contribution in [3.05, 3.63) is 40.8 Å². The van der Waals surface area contributed by atoms with E-state index >= 15 is 0 Å². The van der Waals surface area contributed by atoms with E-state index in [1.54, 1.807) is 6.92 Å². The molecule has 1 N–H and O–H groups in total. The third kappa shape index (κ3) is 5.93. The van der Waals surface area contributed by atoms with Crippen molar-refractivity contribution in [1.29, 1.82) is 0 Å². The molecule has 0 saturated carbocycles. The summed E-state index contributed by atoms with van der Waals surface area (Å²) >= 11 is 1.35. The maximum Gasteiger partial charge on any atom is 0.341 e. The maximum atomic E-state index is 12.8. The zero-order chi connectivity index (χ0) is 22.5. The van der Waals surface area contributed by atoms with E-state index in [9.17, 15) is 9.59 Å². The number of ether oxygens (including phenoxy) is 2. The van der Waals surface area contributed by atoms with E-state index in [1.807, 2.05) is 31.4 Å². The van der Waals surface area contributed by atoms with Crippen LogP contribution in [0, 0.1) is 0 Å². The summed E-state index contributed by atoms with van der Waals surface area (Å²) in [4.78, 5) is 27.6. The highest BCUT2D eigenvalue weighted by Gasteiger charge is 2.26. The summed E-state index contributed by atoms with van der Waals surface area (Å²) in [6.07, 6.45) is 0.183. The standard InChI is InChI=1S/C24H32N2O4S/c1-6-29-24(28)22-20(19-9-7-18(8-10-19)15(2)3)14-31-23(22)25-21(27)13-26-11-16(4)30-17(5)12-26/h7-10,14-17H,6,11-13H2,1-5H3,(H,25,27)/t16-,17-/m0/s1. The normalized spacial score (nSPS) is 19.4. The molecular weight excluding hydrogens is 412 g/mol. The largest absolute Gasteiger partial charge is 0.462 e. The Labute approximate surface area is 188 Å². The molecule has 2 aromatic rings. The minimum atomic E-state index is -0.421. The van der Waals surface area contributed by atoms with Crippen molar-refractivity contribution >= 4 is 28.2 Å². The van der Waals surface area contributed by atoms with Crippen LogP contribution < -0.4 is 5.32 Å². The molecule has 2 heterocycles. The van der Waals surface area contributed by atoms with Crippen LogP contribution in [0.3, 0.4) is 0 Å². The zero-order valence-electron chi connectivity index (χ0n) is 18.9. The van der Waals surface area contributed by atoms with E-state index < -0.39 is 5.97 Å². The quantitative estimate of drug-likeness (QED) is 0.624. The number of nitrogens with zero attached hydrogens (tertiary/aromatic N) is 1. The summed E-state index contributed by atoms with van der Waals surface area (Å²) in [6.45, 7) is 12.0. The number of hydrogen-bond acceptors (Lipinski definition) is 6. The highest BCUT2D eigenvalue weighted by atomic mass is 32.1. The van der Waals surface area contributed by atoms with Crippen molar-refractivity contribution < 1.29 is 19.1 Å². The number of morpholine rings is 1. The van der Waals surface area contributed by atoms with Gasteiger partial charge in [-0.05, 0) is 37.8 Å². The molecule has 0 bridgehead atoms. The van der Waals surface area contributed by atoms with Gasteiger partial charge in [0, 0.05) is 24.0 Å². The zero-order valence-corrected chi connectivity index (χ0v) is 19.8. The molecule has 1 aromatic carbocycles. The van der Waals surface area contributed by atoms with Gasteiger partial charge >= 0.3 is 5.97 Å². The summed E-state index contributed by atoms with van der Waals surface area (Å²) in [5.74, 6) is -0.132. The highest BCUT2D eigenvalue weighted by molar-refractivity contribution is 7.15. The molecular formula is C24H32N2O4S. The van der Waals surface area contributed by atoms with Crippen LogP contribution >= 0.6 is 11.3 Å². The molecule has 1 amide bonds. The van der Waals surface area contributed by atoms with Gasteiger partial charge < -0.3 is 14.8 Å². The van der Waals surface area contributed by atoms with Gasteiger partial charge in [0.2, 0.25) is 5.91 Å². The van der Waals surface area contributed by atoms with E-state index in [2.05, 4.69) is 36.2 Å². The van der Waals surface area contributed by atoms with E-state index in [0.29, 0.717) is 29.6 Å². The predicted molar refractivity (Wildman–Crippen MR) is 125 cm³/mol. The van der Waals surface area contributed by atoms with Gasteiger partial charge in [-0.15, -0.1) is 11.3 Å². The van der Waals surface area contributed by atoms with Crippen LogP contribution in [-0.2, 0) is 14.3 Å². The van der Waals surface area contributed by atoms with E-state index in [4.69, 9.17) is 9.47 Å². The number of carbonyl (C=O) groups excluding carboxylic acids is 2. The van der Waals surface area contributed by atoms with Gasteiger partial charge in [-0.2, -0.15) is 0 Å². The fourth-order valence-corrected chi connectivity index (χ4v) is 4.87. The summed E-state index contributed by atoms with van der Waals surface area (Å²) in [5.41, 5.74) is 3.36. The molecule has 1 fully saturated rings. The fourth-order valence-electron chi connectivity index (χ4n) is 3.90. The lowest BCUT2D eigenvalue weighted by Gasteiger charge is -2.34. The van der Waals surface area contributed by atoms with Crippen LogP contribution in [0.25, 0.3) is 11.1 Å². The summed E-state index contributed by atoms with van der Waals surface area (Å²) in [6, 6.07) is 8.18. The highest BCUT2D eigenvalue weighted by Crippen LogP contribution is 2.36. The Kier molecular flexibility index (Phi) is 7.86. The third-order valence-corrected chi connectivity index (χ3v) is 6.17. The van der Waals surface area contributed by atoms with Crippen LogP contribution in [0.1, 0.15) is 56.5 Å². The number of benzene rings is 1. The smallest absolute Gasteiger partial charge is 0.341 e. The molecule has 2 atom stereocenters. The number of anilines is 1. The number of nitrogens with one attached hydrogen (secondary N) is 1. The lowest BCUT2D eigenvalue weighted by molar-refractivity contribution is -0.121. The number of hydrogen-bond donors (Lipinski definition) is 1. The molecule has 1 aliphatic rings. The monoisotopic (exact) mass is 444 g/mol. The van der Waals surface area contributed by atoms with Crippen LogP contribution in [0.4, 0.5) is 5.00 Å². The molecule has 0 unspecified atom stereocenters. The molecule has 7 heteroatoms. The average molecular weight is 445 g/mol. The fraction of sp³-hybridized carbons (Fsp3) is 0.500. The molecule has 1 aliphatic heterocycles. The average Bonchev–Trinajstić information content (AvgIpc) is 3.10. The van der Waals surface area contributed by atoms with Gasteiger partial charge in [-0.1, -0.05) is 38.1 Å². The Hall–Kier alpha value is -2.22. The summed E-state index contributed by atoms with van der Waals surface area (Å²) < 4.78 is 11.0. The summed E-state index contributed by atoms with van der Waals surface area (Å²) in [7, 11) is 0. The topological polar surface area (TPSA) is 67.9 Å². The first-order valence-electron chi connectivity index (χ1n) is 10.8. The van der Waals surface area contributed by atoms with Crippen molar-refractivity contribution in [2.75, 3.05) is 31.6 Å². The van der Waals surface area contributed by atoms with Crippen LogP contribution in [0.2, 0.25) is 0 Å². The Morgan fingerprint density at radius 2 is 1.84 bits per heavy atom. The second kappa shape index (κ2) is 10.4. The first-order chi connectivity index (χ1) is 14.8. The van der Waals surface area contributed by atoms with Crippen molar-refractivity contribution in [2.24, 2.45) is 0 Å². The molecule has 0 spiro atoms. The van der Waals surface area contributed by atoms with E-state index in [-0.39, 0.29) is 31.3 Å². The van der Waals surface area contributed by atoms with Crippen molar-refractivity contribution in [3.63, 3.8) is 0 Å². The van der Waals surface area contributed by atoms with Crippen molar-refractivity contribution in [2.45, 2.75) is 52.7 Å². The molecule has 1 saturated heterocycles. The van der Waals surface area contributed by atoms with Crippen molar-refractivity contribution in [3.8, 4) is 11.1 Å². The second-order valence-corrected chi connectivity index (χ2v) is 9.23. The van der Waals surface area contributed by atoms with Crippen LogP contribution in [0.15, 0.2) is 29.6 Å². The Bertz CT molecular complexity index is 897. The lowest BCUT2D eigenvalue weighted by Crippen LogP contribution is -2.48. The Balaban J connectivity index is 1.81. The lowest BCUT2D eigenvalue weighted by atomic mass is 9.98. The number of thiophene rings is 1. The molecule has 168 valence electrons. The summed E-state index contributed by atoms with van der Waals surface area (Å²) in [5, 5.41) is 5.38. The molecule has 0 radical (unpaired) electrons. The number of carbonyl (C=O) groups is 2. The molecule has 1 aromatic heterocycles. The first-order valence-corrected chi connectivity index (χ1v) is 11.7. The van der Waals surface area contributed by atoms with E-state index in [1.165, 1.54) is 16.9 Å². The molecule has 0 aliphatic carbocycles. The van der Waals surface area contributed by atoms with Gasteiger partial charge in [0.1, 0.15) is 10.6 Å². The Morgan fingerprint density at radius 3 is 2.42 bits per heavy atom. The first kappa shape index (κ1) is 23.4.